The van der Waals surface area contributed by atoms with Crippen LogP contribution in [0.15, 0.2) is 54.6 Å². The number of amides is 1. The molecule has 170 valence electrons. The first-order valence-electron chi connectivity index (χ1n) is 10.8. The Labute approximate surface area is 199 Å². The Hall–Kier alpha value is -4.05. The van der Waals surface area contributed by atoms with Crippen LogP contribution < -0.4 is 10.1 Å². The van der Waals surface area contributed by atoms with E-state index in [1.807, 2.05) is 49.1 Å². The summed E-state index contributed by atoms with van der Waals surface area (Å²) in [5, 5.41) is 8.43. The van der Waals surface area contributed by atoms with Crippen LogP contribution in [-0.4, -0.2) is 55.2 Å². The van der Waals surface area contributed by atoms with Crippen LogP contribution in [0.4, 0.5) is 11.5 Å². The first-order chi connectivity index (χ1) is 16.5. The number of carbonyl (C=O) groups excluding carboxylic acids is 1. The van der Waals surface area contributed by atoms with E-state index in [2.05, 4.69) is 25.4 Å². The van der Waals surface area contributed by atoms with Gasteiger partial charge in [-0.2, -0.15) is 5.10 Å². The molecule has 5 aromatic rings. The minimum Gasteiger partial charge on any atom is -0.480 e. The molecule has 1 aliphatic rings. The van der Waals surface area contributed by atoms with Crippen LogP contribution in [0, 0.1) is 0 Å². The monoisotopic (exact) mass is 471 g/mol. The SMILES string of the molecule is CN1CC[C@@H](Oc2cc(-c3cnn(C)c3)cc3ncnc(Nc4ccc5ncsc5c4)c23)C1=O. The third kappa shape index (κ3) is 3.61. The first kappa shape index (κ1) is 20.5. The number of hydrogen-bond acceptors (Lipinski definition) is 8. The van der Waals surface area contributed by atoms with Gasteiger partial charge < -0.3 is 15.0 Å². The van der Waals surface area contributed by atoms with E-state index < -0.39 is 6.10 Å². The lowest BCUT2D eigenvalue weighted by molar-refractivity contribution is -0.132. The molecule has 0 radical (unpaired) electrons. The van der Waals surface area contributed by atoms with Crippen molar-refractivity contribution < 1.29 is 9.53 Å². The van der Waals surface area contributed by atoms with Crippen molar-refractivity contribution in [3.8, 4) is 16.9 Å². The number of aromatic nitrogens is 5. The predicted molar refractivity (Wildman–Crippen MR) is 131 cm³/mol. The number of likely N-dealkylation sites (N-methyl/N-ethyl adjacent to an activating group) is 1. The van der Waals surface area contributed by atoms with Gasteiger partial charge in [-0.05, 0) is 35.9 Å². The van der Waals surface area contributed by atoms with Crippen LogP contribution in [0.2, 0.25) is 0 Å². The highest BCUT2D eigenvalue weighted by molar-refractivity contribution is 7.16. The van der Waals surface area contributed by atoms with Crippen LogP contribution in [0.1, 0.15) is 6.42 Å². The van der Waals surface area contributed by atoms with E-state index >= 15 is 0 Å². The lowest BCUT2D eigenvalue weighted by atomic mass is 10.1. The van der Waals surface area contributed by atoms with Gasteiger partial charge in [-0.25, -0.2) is 15.0 Å². The molecule has 10 heteroatoms. The minimum absolute atomic E-state index is 0.0260. The molecule has 2 aromatic carbocycles. The Morgan fingerprint density at radius 2 is 2.00 bits per heavy atom. The van der Waals surface area contributed by atoms with Gasteiger partial charge in [-0.15, -0.1) is 11.3 Å². The van der Waals surface area contributed by atoms with Gasteiger partial charge in [0.05, 0.1) is 32.8 Å². The second kappa shape index (κ2) is 8.07. The van der Waals surface area contributed by atoms with Crippen molar-refractivity contribution in [2.24, 2.45) is 7.05 Å². The van der Waals surface area contributed by atoms with Crippen molar-refractivity contribution in [2.45, 2.75) is 12.5 Å². The number of carbonyl (C=O) groups is 1. The fourth-order valence-electron chi connectivity index (χ4n) is 4.20. The number of aryl methyl sites for hydroxylation is 1. The summed E-state index contributed by atoms with van der Waals surface area (Å²) in [6.07, 6.45) is 5.35. The smallest absolute Gasteiger partial charge is 0.263 e. The average molecular weight is 472 g/mol. The normalized spacial score (nSPS) is 16.0. The first-order valence-corrected chi connectivity index (χ1v) is 11.7. The number of nitrogens with zero attached hydrogens (tertiary/aromatic N) is 6. The molecule has 4 heterocycles. The minimum atomic E-state index is -0.543. The zero-order chi connectivity index (χ0) is 23.2. The van der Waals surface area contributed by atoms with Gasteiger partial charge in [0, 0.05) is 44.5 Å². The maximum absolute atomic E-state index is 12.6. The molecule has 1 saturated heterocycles. The van der Waals surface area contributed by atoms with Gasteiger partial charge in [-0.3, -0.25) is 9.48 Å². The highest BCUT2D eigenvalue weighted by Crippen LogP contribution is 2.37. The molecule has 3 aromatic heterocycles. The van der Waals surface area contributed by atoms with Gasteiger partial charge in [0.25, 0.3) is 5.91 Å². The zero-order valence-electron chi connectivity index (χ0n) is 18.6. The second-order valence-corrected chi connectivity index (χ2v) is 9.19. The van der Waals surface area contributed by atoms with E-state index in [4.69, 9.17) is 4.74 Å². The number of hydrogen-bond donors (Lipinski definition) is 1. The molecule has 0 saturated carbocycles. The van der Waals surface area contributed by atoms with Crippen molar-refractivity contribution >= 4 is 49.9 Å². The maximum atomic E-state index is 12.6. The topological polar surface area (TPSA) is 98.1 Å². The number of rotatable bonds is 5. The summed E-state index contributed by atoms with van der Waals surface area (Å²) >= 11 is 1.58. The molecule has 1 atom stereocenters. The number of nitrogens with one attached hydrogen (secondary N) is 1. The summed E-state index contributed by atoms with van der Waals surface area (Å²) < 4.78 is 9.16. The number of likely N-dealkylation sites (tertiary alicyclic amines) is 1. The fourth-order valence-corrected chi connectivity index (χ4v) is 4.92. The number of fused-ring (bicyclic) bond motifs is 2. The Balaban J connectivity index is 1.47. The molecule has 1 amide bonds. The van der Waals surface area contributed by atoms with E-state index in [1.165, 1.54) is 6.33 Å². The second-order valence-electron chi connectivity index (χ2n) is 8.31. The quantitative estimate of drug-likeness (QED) is 0.414. The largest absolute Gasteiger partial charge is 0.480 e. The summed E-state index contributed by atoms with van der Waals surface area (Å²) in [6.45, 7) is 0.667. The summed E-state index contributed by atoms with van der Waals surface area (Å²) in [7, 11) is 3.67. The van der Waals surface area contributed by atoms with Crippen LogP contribution >= 0.6 is 11.3 Å². The number of ether oxygens (including phenoxy) is 1. The molecule has 9 nitrogen and oxygen atoms in total. The van der Waals surface area contributed by atoms with Crippen LogP contribution in [0.25, 0.3) is 32.2 Å². The van der Waals surface area contributed by atoms with Crippen molar-refractivity contribution in [1.29, 1.82) is 0 Å². The number of thiazole rings is 1. The van der Waals surface area contributed by atoms with Gasteiger partial charge in [0.15, 0.2) is 6.10 Å². The third-order valence-electron chi connectivity index (χ3n) is 5.98. The van der Waals surface area contributed by atoms with E-state index in [0.717, 1.165) is 32.4 Å². The van der Waals surface area contributed by atoms with E-state index in [-0.39, 0.29) is 5.91 Å². The Morgan fingerprint density at radius 1 is 1.09 bits per heavy atom. The molecule has 0 unspecified atom stereocenters. The standard InChI is InChI=1S/C24H21N7O2S/c1-30-6-5-19(24(30)32)33-20-8-14(15-10-28-31(2)11-15)7-18-22(20)23(26-12-25-18)29-16-3-4-17-21(9-16)34-13-27-17/h3-4,7-13,19H,5-6H2,1-2H3,(H,25,26,29)/t19-/m1/s1. The van der Waals surface area contributed by atoms with Crippen molar-refractivity contribution in [1.82, 2.24) is 29.6 Å². The van der Waals surface area contributed by atoms with E-state index in [9.17, 15) is 4.79 Å². The Bertz CT molecular complexity index is 1540. The molecule has 1 aliphatic heterocycles. The summed E-state index contributed by atoms with van der Waals surface area (Å²) in [6, 6.07) is 9.91. The van der Waals surface area contributed by atoms with E-state index in [0.29, 0.717) is 30.0 Å². The van der Waals surface area contributed by atoms with Gasteiger partial charge >= 0.3 is 0 Å². The molecule has 6 rings (SSSR count). The van der Waals surface area contributed by atoms with Crippen molar-refractivity contribution in [2.75, 3.05) is 18.9 Å². The maximum Gasteiger partial charge on any atom is 0.263 e. The number of anilines is 2. The fraction of sp³-hybridized carbons (Fsp3) is 0.208. The van der Waals surface area contributed by atoms with E-state index in [1.54, 1.807) is 34.2 Å². The lowest BCUT2D eigenvalue weighted by Crippen LogP contribution is -2.29. The predicted octanol–water partition coefficient (Wildman–Crippen LogP) is 3.99. The highest BCUT2D eigenvalue weighted by atomic mass is 32.1. The lowest BCUT2D eigenvalue weighted by Gasteiger charge is -2.17. The summed E-state index contributed by atoms with van der Waals surface area (Å²) in [5.41, 5.74) is 6.23. The summed E-state index contributed by atoms with van der Waals surface area (Å²) in [4.78, 5) is 27.7. The zero-order valence-corrected chi connectivity index (χ0v) is 19.4. The molecular formula is C24H21N7O2S. The summed E-state index contributed by atoms with van der Waals surface area (Å²) in [5.74, 6) is 1.15. The molecule has 1 fully saturated rings. The third-order valence-corrected chi connectivity index (χ3v) is 6.77. The molecular weight excluding hydrogens is 450 g/mol. The molecule has 0 aliphatic carbocycles. The molecule has 1 N–H and O–H groups in total. The highest BCUT2D eigenvalue weighted by Gasteiger charge is 2.31. The average Bonchev–Trinajstić information content (AvgIpc) is 3.56. The molecule has 0 bridgehead atoms. The van der Waals surface area contributed by atoms with Crippen LogP contribution in [-0.2, 0) is 11.8 Å². The van der Waals surface area contributed by atoms with Crippen molar-refractivity contribution in [3.63, 3.8) is 0 Å². The Morgan fingerprint density at radius 3 is 2.79 bits per heavy atom. The van der Waals surface area contributed by atoms with Crippen LogP contribution in [0.5, 0.6) is 5.75 Å². The van der Waals surface area contributed by atoms with Crippen molar-refractivity contribution in [3.05, 3.63) is 54.6 Å². The number of benzene rings is 2. The van der Waals surface area contributed by atoms with Gasteiger partial charge in [0.2, 0.25) is 0 Å². The molecule has 0 spiro atoms. The van der Waals surface area contributed by atoms with Gasteiger partial charge in [-0.1, -0.05) is 0 Å². The van der Waals surface area contributed by atoms with Crippen LogP contribution in [0.3, 0.4) is 0 Å². The van der Waals surface area contributed by atoms with Gasteiger partial charge in [0.1, 0.15) is 17.9 Å². The Kier molecular flexibility index (Phi) is 4.88. The molecule has 34 heavy (non-hydrogen) atoms.